The molecule has 0 atom stereocenters. The zero-order valence-electron chi connectivity index (χ0n) is 12.8. The molecular weight excluding hydrogens is 314 g/mol. The van der Waals surface area contributed by atoms with Crippen LogP contribution in [-0.4, -0.2) is 18.0 Å². The number of pyridine rings is 1. The lowest BCUT2D eigenvalue weighted by Gasteiger charge is -2.23. The molecule has 6 heteroatoms. The number of carbonyl (C=O) groups excluding carboxylic acids is 1. The fraction of sp³-hybridized carbons (Fsp3) is 0.294. The van der Waals surface area contributed by atoms with Crippen LogP contribution in [0.3, 0.4) is 0 Å². The lowest BCUT2D eigenvalue weighted by atomic mass is 9.85. The van der Waals surface area contributed by atoms with Crippen molar-refractivity contribution >= 4 is 34.7 Å². The molecule has 2 aromatic rings. The summed E-state index contributed by atoms with van der Waals surface area (Å²) in [6, 6.07) is 8.95. The fourth-order valence-electron chi connectivity index (χ4n) is 2.37. The van der Waals surface area contributed by atoms with Crippen LogP contribution in [0.15, 0.2) is 36.5 Å². The summed E-state index contributed by atoms with van der Waals surface area (Å²) < 4.78 is 5.29. The Balaban J connectivity index is 1.67. The van der Waals surface area contributed by atoms with E-state index in [0.717, 1.165) is 24.9 Å². The molecule has 0 aliphatic heterocycles. The minimum atomic E-state index is 0.0790. The van der Waals surface area contributed by atoms with Crippen LogP contribution in [0.4, 0.5) is 17.2 Å². The van der Waals surface area contributed by atoms with E-state index in [4.69, 9.17) is 16.3 Å². The van der Waals surface area contributed by atoms with Crippen LogP contribution in [0.1, 0.15) is 19.3 Å². The van der Waals surface area contributed by atoms with E-state index >= 15 is 0 Å². The number of anilines is 3. The smallest absolute Gasteiger partial charge is 0.227 e. The topological polar surface area (TPSA) is 63.2 Å². The summed E-state index contributed by atoms with van der Waals surface area (Å²) in [7, 11) is 1.60. The van der Waals surface area contributed by atoms with E-state index in [0.29, 0.717) is 22.3 Å². The van der Waals surface area contributed by atoms with Crippen LogP contribution >= 0.6 is 11.6 Å². The molecular formula is C17H18ClN3O2. The van der Waals surface area contributed by atoms with Gasteiger partial charge in [0.25, 0.3) is 0 Å². The van der Waals surface area contributed by atoms with Gasteiger partial charge < -0.3 is 15.4 Å². The van der Waals surface area contributed by atoms with Crippen LogP contribution in [0, 0.1) is 5.92 Å². The van der Waals surface area contributed by atoms with Gasteiger partial charge in [0.1, 0.15) is 11.6 Å². The minimum Gasteiger partial charge on any atom is -0.495 e. The third-order valence-corrected chi connectivity index (χ3v) is 4.17. The molecule has 0 unspecified atom stereocenters. The number of aromatic nitrogens is 1. The van der Waals surface area contributed by atoms with Gasteiger partial charge in [-0.3, -0.25) is 4.79 Å². The van der Waals surface area contributed by atoms with Gasteiger partial charge in [-0.1, -0.05) is 18.0 Å². The molecule has 1 aromatic heterocycles. The molecule has 3 rings (SSSR count). The molecule has 23 heavy (non-hydrogen) atoms. The van der Waals surface area contributed by atoms with Crippen molar-refractivity contribution in [2.24, 2.45) is 5.92 Å². The molecule has 1 saturated carbocycles. The molecule has 1 aromatic carbocycles. The third-order valence-electron chi connectivity index (χ3n) is 3.93. The number of amides is 1. The Morgan fingerprint density at radius 1 is 1.30 bits per heavy atom. The number of rotatable bonds is 5. The molecule has 5 nitrogen and oxygen atoms in total. The first-order chi connectivity index (χ1) is 11.2. The summed E-state index contributed by atoms with van der Waals surface area (Å²) >= 11 is 6.01. The second-order valence-electron chi connectivity index (χ2n) is 5.52. The Labute approximate surface area is 140 Å². The average molecular weight is 332 g/mol. The van der Waals surface area contributed by atoms with Crippen molar-refractivity contribution in [3.63, 3.8) is 0 Å². The highest BCUT2D eigenvalue weighted by molar-refractivity contribution is 6.31. The highest BCUT2D eigenvalue weighted by Gasteiger charge is 2.25. The molecule has 0 spiro atoms. The van der Waals surface area contributed by atoms with Crippen LogP contribution in [0.25, 0.3) is 0 Å². The van der Waals surface area contributed by atoms with Crippen molar-refractivity contribution in [2.75, 3.05) is 17.7 Å². The number of carbonyl (C=O) groups is 1. The normalized spacial score (nSPS) is 14.0. The molecule has 0 saturated heterocycles. The van der Waals surface area contributed by atoms with E-state index in [2.05, 4.69) is 15.6 Å². The standard InChI is InChI=1S/C17H18ClN3O2/c1-23-15-7-5-12(18)9-14(15)21-16-8-6-13(10-19-16)20-17(22)11-3-2-4-11/h5-11H,2-4H2,1H3,(H,19,21)(H,20,22). The predicted octanol–water partition coefficient (Wildman–Crippen LogP) is 4.23. The van der Waals surface area contributed by atoms with E-state index in [-0.39, 0.29) is 11.8 Å². The van der Waals surface area contributed by atoms with Crippen LogP contribution in [0.5, 0.6) is 5.75 Å². The van der Waals surface area contributed by atoms with Gasteiger partial charge in [-0.2, -0.15) is 0 Å². The summed E-state index contributed by atoms with van der Waals surface area (Å²) in [5.41, 5.74) is 1.43. The van der Waals surface area contributed by atoms with E-state index in [1.54, 1.807) is 37.6 Å². The molecule has 1 fully saturated rings. The number of hydrogen-bond donors (Lipinski definition) is 2. The van der Waals surface area contributed by atoms with Gasteiger partial charge in [-0.15, -0.1) is 0 Å². The molecule has 1 heterocycles. The Kier molecular flexibility index (Phi) is 4.67. The maximum Gasteiger partial charge on any atom is 0.227 e. The number of benzene rings is 1. The summed E-state index contributed by atoms with van der Waals surface area (Å²) in [5.74, 6) is 1.56. The minimum absolute atomic E-state index is 0.0790. The summed E-state index contributed by atoms with van der Waals surface area (Å²) in [6.45, 7) is 0. The Morgan fingerprint density at radius 2 is 2.13 bits per heavy atom. The Hall–Kier alpha value is -2.27. The second-order valence-corrected chi connectivity index (χ2v) is 5.96. The third kappa shape index (κ3) is 3.74. The van der Waals surface area contributed by atoms with E-state index in [1.807, 2.05) is 6.07 Å². The molecule has 1 aliphatic carbocycles. The lowest BCUT2D eigenvalue weighted by molar-refractivity contribution is -0.122. The zero-order chi connectivity index (χ0) is 16.2. The average Bonchev–Trinajstić information content (AvgIpc) is 2.48. The highest BCUT2D eigenvalue weighted by atomic mass is 35.5. The van der Waals surface area contributed by atoms with E-state index in [1.165, 1.54) is 0 Å². The Bertz CT molecular complexity index is 699. The van der Waals surface area contributed by atoms with Gasteiger partial charge in [0.05, 0.1) is 24.7 Å². The molecule has 1 amide bonds. The van der Waals surface area contributed by atoms with Crippen molar-refractivity contribution in [3.05, 3.63) is 41.6 Å². The van der Waals surface area contributed by atoms with Crippen molar-refractivity contribution < 1.29 is 9.53 Å². The van der Waals surface area contributed by atoms with Crippen LogP contribution in [-0.2, 0) is 4.79 Å². The van der Waals surface area contributed by atoms with Crippen LogP contribution < -0.4 is 15.4 Å². The summed E-state index contributed by atoms with van der Waals surface area (Å²) in [6.07, 6.45) is 4.73. The first kappa shape index (κ1) is 15.6. The fourth-order valence-corrected chi connectivity index (χ4v) is 2.54. The Morgan fingerprint density at radius 3 is 2.74 bits per heavy atom. The number of hydrogen-bond acceptors (Lipinski definition) is 4. The number of methoxy groups -OCH3 is 1. The predicted molar refractivity (Wildman–Crippen MR) is 91.5 cm³/mol. The maximum atomic E-state index is 11.9. The summed E-state index contributed by atoms with van der Waals surface area (Å²) in [5, 5.41) is 6.66. The molecule has 0 radical (unpaired) electrons. The molecule has 1 aliphatic rings. The highest BCUT2D eigenvalue weighted by Crippen LogP contribution is 2.30. The molecule has 120 valence electrons. The number of nitrogens with zero attached hydrogens (tertiary/aromatic N) is 1. The van der Waals surface area contributed by atoms with Gasteiger partial charge in [-0.25, -0.2) is 4.98 Å². The monoisotopic (exact) mass is 331 g/mol. The van der Waals surface area contributed by atoms with Gasteiger partial charge >= 0.3 is 0 Å². The van der Waals surface area contributed by atoms with Crippen molar-refractivity contribution in [3.8, 4) is 5.75 Å². The van der Waals surface area contributed by atoms with Crippen LogP contribution in [0.2, 0.25) is 5.02 Å². The quantitative estimate of drug-likeness (QED) is 0.860. The number of nitrogens with one attached hydrogen (secondary N) is 2. The second kappa shape index (κ2) is 6.87. The number of halogens is 1. The van der Waals surface area contributed by atoms with Gasteiger partial charge in [0.15, 0.2) is 0 Å². The van der Waals surface area contributed by atoms with Crippen molar-refractivity contribution in [2.45, 2.75) is 19.3 Å². The SMILES string of the molecule is COc1ccc(Cl)cc1Nc1ccc(NC(=O)C2CCC2)cn1. The first-order valence-corrected chi connectivity index (χ1v) is 7.91. The van der Waals surface area contributed by atoms with E-state index < -0.39 is 0 Å². The lowest BCUT2D eigenvalue weighted by Crippen LogP contribution is -2.28. The largest absolute Gasteiger partial charge is 0.495 e. The van der Waals surface area contributed by atoms with Gasteiger partial charge in [0.2, 0.25) is 5.91 Å². The van der Waals surface area contributed by atoms with Gasteiger partial charge in [0, 0.05) is 10.9 Å². The van der Waals surface area contributed by atoms with Crippen molar-refractivity contribution in [1.82, 2.24) is 4.98 Å². The first-order valence-electron chi connectivity index (χ1n) is 7.53. The maximum absolute atomic E-state index is 11.9. The zero-order valence-corrected chi connectivity index (χ0v) is 13.6. The summed E-state index contributed by atoms with van der Waals surface area (Å²) in [4.78, 5) is 16.2. The molecule has 2 N–H and O–H groups in total. The molecule has 0 bridgehead atoms. The van der Waals surface area contributed by atoms with Crippen molar-refractivity contribution in [1.29, 1.82) is 0 Å². The van der Waals surface area contributed by atoms with Gasteiger partial charge in [-0.05, 0) is 43.2 Å². The van der Waals surface area contributed by atoms with E-state index in [9.17, 15) is 4.79 Å². The number of ether oxygens (including phenoxy) is 1.